The average Bonchev–Trinajstić information content (AvgIpc) is 2.60. The number of benzene rings is 2. The number of hydrogen-bond donors (Lipinski definition) is 1. The lowest BCUT2D eigenvalue weighted by Crippen LogP contribution is -2.45. The van der Waals surface area contributed by atoms with Crippen LogP contribution in [0.15, 0.2) is 48.5 Å². The molecule has 4 nitrogen and oxygen atoms in total. The lowest BCUT2D eigenvalue weighted by atomic mass is 10.0. The van der Waals surface area contributed by atoms with Gasteiger partial charge < -0.3 is 10.2 Å². The molecule has 0 bridgehead atoms. The maximum atomic E-state index is 12.8. The highest BCUT2D eigenvalue weighted by molar-refractivity contribution is 6.40. The molecule has 0 spiro atoms. The van der Waals surface area contributed by atoms with Crippen molar-refractivity contribution in [1.29, 1.82) is 0 Å². The molecule has 0 aliphatic carbocycles. The molecule has 3 rings (SSSR count). The lowest BCUT2D eigenvalue weighted by molar-refractivity contribution is -0.137. The van der Waals surface area contributed by atoms with Gasteiger partial charge in [0.15, 0.2) is 0 Å². The predicted molar refractivity (Wildman–Crippen MR) is 85.4 cm³/mol. The molecule has 0 saturated heterocycles. The van der Waals surface area contributed by atoms with Gasteiger partial charge in [0, 0.05) is 18.8 Å². The first-order valence-corrected chi connectivity index (χ1v) is 7.57. The average molecular weight is 312 g/mol. The molecule has 23 heavy (non-hydrogen) atoms. The summed E-state index contributed by atoms with van der Waals surface area (Å²) in [7, 11) is 0. The highest BCUT2D eigenvalue weighted by Gasteiger charge is 2.26. The first-order valence-electron chi connectivity index (χ1n) is 7.57. The molecular weight excluding hydrogens is 295 g/mol. The van der Waals surface area contributed by atoms with E-state index in [0.717, 1.165) is 29.7 Å². The Morgan fingerprint density at radius 2 is 1.83 bits per heavy atom. The fraction of sp³-hybridized carbons (Fsp3) is 0.222. The lowest BCUT2D eigenvalue weighted by Gasteiger charge is -2.28. The molecule has 5 heteroatoms. The number of hydrogen-bond acceptors (Lipinski definition) is 2. The Kier molecular flexibility index (Phi) is 4.37. The summed E-state index contributed by atoms with van der Waals surface area (Å²) in [6.07, 6.45) is 1.76. The number of para-hydroxylation sites is 1. The zero-order valence-electron chi connectivity index (χ0n) is 12.6. The number of rotatable bonds is 2. The molecule has 1 aliphatic rings. The smallest absolute Gasteiger partial charge is 0.316 e. The van der Waals surface area contributed by atoms with E-state index in [9.17, 15) is 14.0 Å². The van der Waals surface area contributed by atoms with Gasteiger partial charge in [-0.25, -0.2) is 4.39 Å². The SMILES string of the molecule is O=C(NCc1ccc(F)cc1)C(=O)N1CCCc2ccccc21. The zero-order chi connectivity index (χ0) is 16.2. The first-order chi connectivity index (χ1) is 11.1. The van der Waals surface area contributed by atoms with Crippen molar-refractivity contribution in [3.05, 3.63) is 65.5 Å². The Labute approximate surface area is 133 Å². The van der Waals surface area contributed by atoms with E-state index < -0.39 is 11.8 Å². The van der Waals surface area contributed by atoms with Crippen LogP contribution in [-0.4, -0.2) is 18.4 Å². The molecule has 0 aromatic heterocycles. The van der Waals surface area contributed by atoms with Crippen LogP contribution in [0, 0.1) is 5.82 Å². The summed E-state index contributed by atoms with van der Waals surface area (Å²) in [5, 5.41) is 2.59. The van der Waals surface area contributed by atoms with Gasteiger partial charge in [0.25, 0.3) is 0 Å². The predicted octanol–water partition coefficient (Wildman–Crippen LogP) is 2.42. The van der Waals surface area contributed by atoms with Gasteiger partial charge in [0.2, 0.25) is 0 Å². The van der Waals surface area contributed by atoms with Crippen molar-refractivity contribution in [1.82, 2.24) is 5.32 Å². The summed E-state index contributed by atoms with van der Waals surface area (Å²) in [6.45, 7) is 0.736. The number of halogens is 1. The maximum absolute atomic E-state index is 12.8. The number of nitrogens with one attached hydrogen (secondary N) is 1. The van der Waals surface area contributed by atoms with E-state index in [4.69, 9.17) is 0 Å². The van der Waals surface area contributed by atoms with Crippen LogP contribution in [0.5, 0.6) is 0 Å². The van der Waals surface area contributed by atoms with Crippen molar-refractivity contribution in [2.24, 2.45) is 0 Å². The van der Waals surface area contributed by atoms with Crippen molar-refractivity contribution >= 4 is 17.5 Å². The summed E-state index contributed by atoms with van der Waals surface area (Å²) in [4.78, 5) is 26.0. The number of nitrogens with zero attached hydrogens (tertiary/aromatic N) is 1. The molecule has 2 aromatic rings. The van der Waals surface area contributed by atoms with Crippen molar-refractivity contribution in [2.75, 3.05) is 11.4 Å². The van der Waals surface area contributed by atoms with E-state index in [2.05, 4.69) is 5.32 Å². The molecule has 1 aliphatic heterocycles. The molecule has 0 fully saturated rings. The zero-order valence-corrected chi connectivity index (χ0v) is 12.6. The van der Waals surface area contributed by atoms with Crippen LogP contribution in [0.3, 0.4) is 0 Å². The third-order valence-corrected chi connectivity index (χ3v) is 3.92. The molecule has 2 aromatic carbocycles. The van der Waals surface area contributed by atoms with Gasteiger partial charge in [-0.1, -0.05) is 30.3 Å². The van der Waals surface area contributed by atoms with Crippen LogP contribution in [0.1, 0.15) is 17.5 Å². The van der Waals surface area contributed by atoms with Gasteiger partial charge in [-0.3, -0.25) is 9.59 Å². The summed E-state index contributed by atoms with van der Waals surface area (Å²) in [6, 6.07) is 13.4. The van der Waals surface area contributed by atoms with Crippen LogP contribution >= 0.6 is 0 Å². The molecule has 2 amide bonds. The third kappa shape index (κ3) is 3.39. The van der Waals surface area contributed by atoms with E-state index >= 15 is 0 Å². The van der Waals surface area contributed by atoms with Crippen LogP contribution in [-0.2, 0) is 22.6 Å². The van der Waals surface area contributed by atoms with E-state index in [0.29, 0.717) is 6.54 Å². The van der Waals surface area contributed by atoms with Crippen LogP contribution in [0.2, 0.25) is 0 Å². The van der Waals surface area contributed by atoms with Crippen molar-refractivity contribution in [2.45, 2.75) is 19.4 Å². The minimum Gasteiger partial charge on any atom is -0.344 e. The topological polar surface area (TPSA) is 49.4 Å². The fourth-order valence-corrected chi connectivity index (χ4v) is 2.73. The fourth-order valence-electron chi connectivity index (χ4n) is 2.73. The molecule has 1 N–H and O–H groups in total. The van der Waals surface area contributed by atoms with E-state index in [1.54, 1.807) is 12.1 Å². The Bertz CT molecular complexity index is 728. The normalized spacial score (nSPS) is 13.3. The summed E-state index contributed by atoms with van der Waals surface area (Å²) in [5.41, 5.74) is 2.63. The van der Waals surface area contributed by atoms with Crippen LogP contribution in [0.25, 0.3) is 0 Å². The minimum atomic E-state index is -0.647. The highest BCUT2D eigenvalue weighted by Crippen LogP contribution is 2.26. The van der Waals surface area contributed by atoms with Crippen LogP contribution in [0.4, 0.5) is 10.1 Å². The van der Waals surface area contributed by atoms with Crippen molar-refractivity contribution in [3.63, 3.8) is 0 Å². The summed E-state index contributed by atoms with van der Waals surface area (Å²) >= 11 is 0. The molecule has 118 valence electrons. The Morgan fingerprint density at radius 3 is 2.61 bits per heavy atom. The van der Waals surface area contributed by atoms with Gasteiger partial charge in [-0.2, -0.15) is 0 Å². The monoisotopic (exact) mass is 312 g/mol. The molecule has 0 atom stereocenters. The number of aryl methyl sites for hydroxylation is 1. The molecule has 0 saturated carbocycles. The Hall–Kier alpha value is -2.69. The Morgan fingerprint density at radius 1 is 1.09 bits per heavy atom. The van der Waals surface area contributed by atoms with Gasteiger partial charge >= 0.3 is 11.8 Å². The second-order valence-corrected chi connectivity index (χ2v) is 5.50. The van der Waals surface area contributed by atoms with Crippen molar-refractivity contribution < 1.29 is 14.0 Å². The van der Waals surface area contributed by atoms with Crippen molar-refractivity contribution in [3.8, 4) is 0 Å². The van der Waals surface area contributed by atoms with Gasteiger partial charge in [-0.15, -0.1) is 0 Å². The highest BCUT2D eigenvalue weighted by atomic mass is 19.1. The second-order valence-electron chi connectivity index (χ2n) is 5.50. The minimum absolute atomic E-state index is 0.195. The number of amides is 2. The van der Waals surface area contributed by atoms with E-state index in [-0.39, 0.29) is 12.4 Å². The molecule has 0 unspecified atom stereocenters. The maximum Gasteiger partial charge on any atom is 0.316 e. The van der Waals surface area contributed by atoms with Crippen LogP contribution < -0.4 is 10.2 Å². The van der Waals surface area contributed by atoms with Gasteiger partial charge in [0.1, 0.15) is 5.82 Å². The van der Waals surface area contributed by atoms with E-state index in [1.165, 1.54) is 17.0 Å². The second kappa shape index (κ2) is 6.60. The quantitative estimate of drug-likeness (QED) is 0.866. The molecular formula is C18H17FN2O2. The number of fused-ring (bicyclic) bond motifs is 1. The standard InChI is InChI=1S/C18H17FN2O2/c19-15-9-7-13(8-10-15)12-20-17(22)18(23)21-11-3-5-14-4-1-2-6-16(14)21/h1-2,4,6-10H,3,5,11-12H2,(H,20,22). The molecule has 0 radical (unpaired) electrons. The third-order valence-electron chi connectivity index (χ3n) is 3.92. The molecule has 1 heterocycles. The number of anilines is 1. The van der Waals surface area contributed by atoms with Gasteiger partial charge in [-0.05, 0) is 42.2 Å². The summed E-state index contributed by atoms with van der Waals surface area (Å²) in [5.74, 6) is -1.54. The largest absolute Gasteiger partial charge is 0.344 e. The first kappa shape index (κ1) is 15.2. The van der Waals surface area contributed by atoms with Gasteiger partial charge in [0.05, 0.1) is 0 Å². The Balaban J connectivity index is 1.66. The summed E-state index contributed by atoms with van der Waals surface area (Å²) < 4.78 is 12.8. The number of carbonyl (C=O) groups is 2. The number of carbonyl (C=O) groups excluding carboxylic acids is 2. The van der Waals surface area contributed by atoms with E-state index in [1.807, 2.05) is 24.3 Å².